The largest absolute Gasteiger partial charge is 0.493 e. The summed E-state index contributed by atoms with van der Waals surface area (Å²) in [6.45, 7) is 2.79. The number of carboxylic acid groups (broad SMARTS) is 1. The number of rotatable bonds is 10. The molecule has 0 aliphatic heterocycles. The van der Waals surface area contributed by atoms with Crippen LogP contribution in [0.4, 0.5) is 0 Å². The molecular weight excluding hydrogens is 320 g/mol. The van der Waals surface area contributed by atoms with Gasteiger partial charge in [0.25, 0.3) is 0 Å². The van der Waals surface area contributed by atoms with Gasteiger partial charge in [-0.2, -0.15) is 0 Å². The zero-order chi connectivity index (χ0) is 14.8. The number of aromatic carboxylic acids is 1. The number of benzene rings is 1. The number of hydrogen-bond acceptors (Lipinski definition) is 2. The predicted molar refractivity (Wildman–Crippen MR) is 84.6 cm³/mol. The van der Waals surface area contributed by atoms with Crippen LogP contribution in [0.25, 0.3) is 0 Å². The van der Waals surface area contributed by atoms with Crippen LogP contribution in [0.1, 0.15) is 62.2 Å². The van der Waals surface area contributed by atoms with E-state index in [4.69, 9.17) is 9.84 Å². The van der Waals surface area contributed by atoms with Crippen LogP contribution in [0.5, 0.6) is 5.75 Å². The van der Waals surface area contributed by atoms with Crippen molar-refractivity contribution in [2.45, 2.75) is 51.9 Å². The standard InChI is InChI=1S/C16H23BrO3/c1-2-3-4-5-6-7-8-11-20-15-10-9-13(17)12-14(15)16(18)19/h9-10,12H,2-8,11H2,1H3,(H,18,19). The first-order valence-electron chi connectivity index (χ1n) is 7.30. The molecule has 0 aliphatic rings. The molecule has 1 aromatic rings. The SMILES string of the molecule is CCCCCCCCCOc1ccc(Br)cc1C(=O)O. The Balaban J connectivity index is 2.27. The van der Waals surface area contributed by atoms with E-state index in [0.717, 1.165) is 17.3 Å². The van der Waals surface area contributed by atoms with Crippen molar-refractivity contribution in [3.8, 4) is 5.75 Å². The van der Waals surface area contributed by atoms with Crippen molar-refractivity contribution in [3.05, 3.63) is 28.2 Å². The first-order valence-corrected chi connectivity index (χ1v) is 8.10. The van der Waals surface area contributed by atoms with Crippen LogP contribution in [0.2, 0.25) is 0 Å². The van der Waals surface area contributed by atoms with Crippen molar-refractivity contribution in [2.24, 2.45) is 0 Å². The maximum absolute atomic E-state index is 11.1. The summed E-state index contributed by atoms with van der Waals surface area (Å²) in [5.74, 6) is -0.507. The minimum atomic E-state index is -0.958. The third kappa shape index (κ3) is 6.42. The van der Waals surface area contributed by atoms with Gasteiger partial charge in [-0.15, -0.1) is 0 Å². The second-order valence-electron chi connectivity index (χ2n) is 4.92. The van der Waals surface area contributed by atoms with Crippen LogP contribution in [-0.2, 0) is 0 Å². The summed E-state index contributed by atoms with van der Waals surface area (Å²) >= 11 is 3.27. The molecule has 1 rings (SSSR count). The molecule has 1 aromatic carbocycles. The van der Waals surface area contributed by atoms with Crippen molar-refractivity contribution in [2.75, 3.05) is 6.61 Å². The third-order valence-electron chi connectivity index (χ3n) is 3.18. The third-order valence-corrected chi connectivity index (χ3v) is 3.67. The molecule has 0 heterocycles. The van der Waals surface area contributed by atoms with E-state index in [0.29, 0.717) is 12.4 Å². The lowest BCUT2D eigenvalue weighted by molar-refractivity contribution is 0.0692. The highest BCUT2D eigenvalue weighted by Gasteiger charge is 2.11. The van der Waals surface area contributed by atoms with Gasteiger partial charge in [0.1, 0.15) is 11.3 Å². The molecular formula is C16H23BrO3. The van der Waals surface area contributed by atoms with Crippen molar-refractivity contribution < 1.29 is 14.6 Å². The van der Waals surface area contributed by atoms with Gasteiger partial charge < -0.3 is 9.84 Å². The van der Waals surface area contributed by atoms with E-state index >= 15 is 0 Å². The van der Waals surface area contributed by atoms with Gasteiger partial charge in [-0.05, 0) is 24.6 Å². The molecule has 0 amide bonds. The highest BCUT2D eigenvalue weighted by molar-refractivity contribution is 9.10. The molecule has 0 radical (unpaired) electrons. The van der Waals surface area contributed by atoms with Crippen molar-refractivity contribution in [1.29, 1.82) is 0 Å². The van der Waals surface area contributed by atoms with E-state index in [2.05, 4.69) is 22.9 Å². The van der Waals surface area contributed by atoms with Crippen molar-refractivity contribution >= 4 is 21.9 Å². The highest BCUT2D eigenvalue weighted by Crippen LogP contribution is 2.23. The Hall–Kier alpha value is -1.03. The first-order chi connectivity index (χ1) is 9.65. The monoisotopic (exact) mass is 342 g/mol. The van der Waals surface area contributed by atoms with Crippen molar-refractivity contribution in [3.63, 3.8) is 0 Å². The molecule has 0 aliphatic carbocycles. The minimum Gasteiger partial charge on any atom is -0.493 e. The molecule has 20 heavy (non-hydrogen) atoms. The van der Waals surface area contributed by atoms with Crippen LogP contribution >= 0.6 is 15.9 Å². The molecule has 0 unspecified atom stereocenters. The maximum atomic E-state index is 11.1. The number of carbonyl (C=O) groups is 1. The Labute approximate surface area is 129 Å². The Morgan fingerprint density at radius 1 is 1.15 bits per heavy atom. The minimum absolute atomic E-state index is 0.210. The van der Waals surface area contributed by atoms with Gasteiger partial charge in [-0.3, -0.25) is 0 Å². The Kier molecular flexibility index (Phi) is 8.35. The molecule has 0 fully saturated rings. The average Bonchev–Trinajstić information content (AvgIpc) is 2.43. The zero-order valence-electron chi connectivity index (χ0n) is 12.0. The fraction of sp³-hybridized carbons (Fsp3) is 0.562. The quantitative estimate of drug-likeness (QED) is 0.588. The molecule has 4 heteroatoms. The van der Waals surface area contributed by atoms with E-state index in [1.54, 1.807) is 18.2 Å². The summed E-state index contributed by atoms with van der Waals surface area (Å²) in [6, 6.07) is 5.07. The van der Waals surface area contributed by atoms with Crippen LogP contribution in [0.3, 0.4) is 0 Å². The van der Waals surface area contributed by atoms with Gasteiger partial charge in [0.2, 0.25) is 0 Å². The van der Waals surface area contributed by atoms with Gasteiger partial charge >= 0.3 is 5.97 Å². The highest BCUT2D eigenvalue weighted by atomic mass is 79.9. The summed E-state index contributed by atoms with van der Waals surface area (Å²) in [5, 5.41) is 9.11. The first kappa shape index (κ1) is 17.0. The molecule has 112 valence electrons. The van der Waals surface area contributed by atoms with Gasteiger partial charge in [0.15, 0.2) is 0 Å². The van der Waals surface area contributed by atoms with E-state index in [1.807, 2.05) is 0 Å². The average molecular weight is 343 g/mol. The topological polar surface area (TPSA) is 46.5 Å². The van der Waals surface area contributed by atoms with E-state index < -0.39 is 5.97 Å². The molecule has 0 bridgehead atoms. The number of carboxylic acids is 1. The second kappa shape index (κ2) is 9.81. The van der Waals surface area contributed by atoms with Crippen LogP contribution in [-0.4, -0.2) is 17.7 Å². The zero-order valence-corrected chi connectivity index (χ0v) is 13.6. The maximum Gasteiger partial charge on any atom is 0.339 e. The smallest absolute Gasteiger partial charge is 0.339 e. The van der Waals surface area contributed by atoms with Crippen LogP contribution in [0.15, 0.2) is 22.7 Å². The molecule has 0 saturated carbocycles. The number of hydrogen-bond donors (Lipinski definition) is 1. The molecule has 0 saturated heterocycles. The van der Waals surface area contributed by atoms with E-state index in [-0.39, 0.29) is 5.56 Å². The lowest BCUT2D eigenvalue weighted by Crippen LogP contribution is -2.04. The van der Waals surface area contributed by atoms with E-state index in [9.17, 15) is 4.79 Å². The predicted octanol–water partition coefficient (Wildman–Crippen LogP) is 5.28. The fourth-order valence-electron chi connectivity index (χ4n) is 2.04. The summed E-state index contributed by atoms with van der Waals surface area (Å²) < 4.78 is 6.33. The Morgan fingerprint density at radius 2 is 1.80 bits per heavy atom. The summed E-state index contributed by atoms with van der Waals surface area (Å²) in [6.07, 6.45) is 8.53. The normalized spacial score (nSPS) is 10.5. The molecule has 1 N–H and O–H groups in total. The summed E-state index contributed by atoms with van der Waals surface area (Å²) in [5.41, 5.74) is 0.210. The number of ether oxygens (including phenoxy) is 1. The number of halogens is 1. The molecule has 0 aromatic heterocycles. The lowest BCUT2D eigenvalue weighted by atomic mass is 10.1. The summed E-state index contributed by atoms with van der Waals surface area (Å²) in [7, 11) is 0. The van der Waals surface area contributed by atoms with Crippen LogP contribution < -0.4 is 4.74 Å². The van der Waals surface area contributed by atoms with Gasteiger partial charge in [-0.25, -0.2) is 4.79 Å². The summed E-state index contributed by atoms with van der Waals surface area (Å²) in [4.78, 5) is 11.1. The lowest BCUT2D eigenvalue weighted by Gasteiger charge is -2.09. The van der Waals surface area contributed by atoms with Gasteiger partial charge in [0.05, 0.1) is 6.61 Å². The second-order valence-corrected chi connectivity index (χ2v) is 5.83. The van der Waals surface area contributed by atoms with Gasteiger partial charge in [-0.1, -0.05) is 61.4 Å². The molecule has 0 spiro atoms. The Morgan fingerprint density at radius 3 is 2.45 bits per heavy atom. The van der Waals surface area contributed by atoms with Crippen molar-refractivity contribution in [1.82, 2.24) is 0 Å². The fourth-order valence-corrected chi connectivity index (χ4v) is 2.40. The number of unbranched alkanes of at least 4 members (excludes halogenated alkanes) is 6. The van der Waals surface area contributed by atoms with Crippen LogP contribution in [0, 0.1) is 0 Å². The Bertz CT molecular complexity index is 418. The molecule has 3 nitrogen and oxygen atoms in total. The molecule has 0 atom stereocenters. The van der Waals surface area contributed by atoms with E-state index in [1.165, 1.54) is 32.1 Å². The van der Waals surface area contributed by atoms with Gasteiger partial charge in [0, 0.05) is 4.47 Å².